The van der Waals surface area contributed by atoms with Crippen LogP contribution in [0.3, 0.4) is 0 Å². The van der Waals surface area contributed by atoms with Crippen molar-refractivity contribution in [3.63, 3.8) is 0 Å². The van der Waals surface area contributed by atoms with Crippen LogP contribution in [0.15, 0.2) is 65.5 Å². The molecule has 5 rings (SSSR count). The van der Waals surface area contributed by atoms with Gasteiger partial charge >= 0.3 is 5.69 Å². The molecule has 0 bridgehead atoms. The lowest BCUT2D eigenvalue weighted by molar-refractivity contribution is 0.652. The Balaban J connectivity index is 1.67. The molecule has 3 heterocycles. The minimum absolute atomic E-state index is 0.117. The molecule has 0 aliphatic carbocycles. The molecule has 5 nitrogen and oxygen atoms in total. The van der Waals surface area contributed by atoms with E-state index in [-0.39, 0.29) is 5.69 Å². The molecule has 0 fully saturated rings. The van der Waals surface area contributed by atoms with Crippen molar-refractivity contribution >= 4 is 27.2 Å². The number of hydrogen-bond donors (Lipinski definition) is 0. The Morgan fingerprint density at radius 2 is 1.65 bits per heavy atom. The van der Waals surface area contributed by atoms with E-state index < -0.39 is 0 Å². The monoisotopic (exact) mass is 428 g/mol. The Morgan fingerprint density at radius 3 is 2.32 bits per heavy atom. The summed E-state index contributed by atoms with van der Waals surface area (Å²) in [5, 5.41) is 5.71. The molecule has 0 aliphatic heterocycles. The fraction of sp³-hybridized carbons (Fsp3) is 0.240. The Bertz CT molecular complexity index is 1410. The molecule has 0 aliphatic rings. The van der Waals surface area contributed by atoms with Crippen molar-refractivity contribution in [2.24, 2.45) is 0 Å². The van der Waals surface area contributed by atoms with Crippen molar-refractivity contribution in [3.05, 3.63) is 98.5 Å². The van der Waals surface area contributed by atoms with Crippen molar-refractivity contribution in [2.45, 2.75) is 39.7 Å². The van der Waals surface area contributed by atoms with E-state index in [2.05, 4.69) is 43.2 Å². The average molecular weight is 429 g/mol. The first-order chi connectivity index (χ1) is 15.2. The molecule has 31 heavy (non-hydrogen) atoms. The molecule has 2 aromatic carbocycles. The van der Waals surface area contributed by atoms with Gasteiger partial charge in [-0.1, -0.05) is 67.6 Å². The number of thiophene rings is 1. The molecule has 5 aromatic rings. The van der Waals surface area contributed by atoms with Crippen LogP contribution in [0.2, 0.25) is 0 Å². The third-order valence-electron chi connectivity index (χ3n) is 5.75. The van der Waals surface area contributed by atoms with E-state index in [9.17, 15) is 4.79 Å². The van der Waals surface area contributed by atoms with E-state index in [4.69, 9.17) is 4.98 Å². The zero-order valence-corrected chi connectivity index (χ0v) is 18.5. The molecule has 0 N–H and O–H groups in total. The number of nitrogens with zero attached hydrogens (tertiary/aromatic N) is 4. The van der Waals surface area contributed by atoms with Gasteiger partial charge in [-0.15, -0.1) is 16.4 Å². The summed E-state index contributed by atoms with van der Waals surface area (Å²) in [6.45, 7) is 4.91. The quantitative estimate of drug-likeness (QED) is 0.390. The van der Waals surface area contributed by atoms with Crippen molar-refractivity contribution in [3.8, 4) is 0 Å². The maximum Gasteiger partial charge on any atom is 0.351 e. The van der Waals surface area contributed by atoms with Gasteiger partial charge in [0.05, 0.1) is 5.39 Å². The summed E-state index contributed by atoms with van der Waals surface area (Å²) >= 11 is 1.69. The number of fused-ring (bicyclic) bond motifs is 3. The van der Waals surface area contributed by atoms with Gasteiger partial charge in [0.1, 0.15) is 4.83 Å². The molecule has 0 saturated heterocycles. The highest BCUT2D eigenvalue weighted by molar-refractivity contribution is 7.19. The van der Waals surface area contributed by atoms with E-state index in [1.807, 2.05) is 41.0 Å². The smallest absolute Gasteiger partial charge is 0.283 e. The number of benzene rings is 2. The van der Waals surface area contributed by atoms with Gasteiger partial charge in [0.25, 0.3) is 0 Å². The van der Waals surface area contributed by atoms with E-state index in [1.165, 1.54) is 20.5 Å². The topological polar surface area (TPSA) is 52.2 Å². The van der Waals surface area contributed by atoms with E-state index in [0.29, 0.717) is 24.4 Å². The summed E-state index contributed by atoms with van der Waals surface area (Å²) in [6.07, 6.45) is 2.31. The normalized spacial score (nSPS) is 11.5. The molecule has 0 spiro atoms. The van der Waals surface area contributed by atoms with Crippen molar-refractivity contribution in [1.82, 2.24) is 19.2 Å². The first-order valence-electron chi connectivity index (χ1n) is 10.6. The second-order valence-electron chi connectivity index (χ2n) is 7.77. The zero-order valence-electron chi connectivity index (χ0n) is 17.7. The molecule has 0 radical (unpaired) electrons. The van der Waals surface area contributed by atoms with Crippen LogP contribution in [0.4, 0.5) is 0 Å². The van der Waals surface area contributed by atoms with Crippen molar-refractivity contribution in [2.75, 3.05) is 0 Å². The van der Waals surface area contributed by atoms with Crippen LogP contribution in [-0.2, 0) is 25.8 Å². The molecule has 0 unspecified atom stereocenters. The second kappa shape index (κ2) is 8.12. The first kappa shape index (κ1) is 19.7. The molecule has 0 amide bonds. The van der Waals surface area contributed by atoms with Gasteiger partial charge < -0.3 is 0 Å². The largest absolute Gasteiger partial charge is 0.351 e. The average Bonchev–Trinajstić information content (AvgIpc) is 3.35. The minimum Gasteiger partial charge on any atom is -0.283 e. The zero-order chi connectivity index (χ0) is 21.4. The Morgan fingerprint density at radius 1 is 0.968 bits per heavy atom. The number of aryl methyl sites for hydroxylation is 4. The van der Waals surface area contributed by atoms with Gasteiger partial charge in [-0.05, 0) is 36.5 Å². The standard InChI is InChI=1S/C25H24N4OS/c1-3-20-17(2)31-24-22(20)23-26-21(16-19-12-8-5-9-13-19)27-29(23)25(30)28(24)15-14-18-10-6-4-7-11-18/h4-13H,3,14-16H2,1-2H3. The van der Waals surface area contributed by atoms with Gasteiger partial charge in [0.15, 0.2) is 11.5 Å². The summed E-state index contributed by atoms with van der Waals surface area (Å²) in [4.78, 5) is 20.5. The minimum atomic E-state index is -0.117. The van der Waals surface area contributed by atoms with Crippen LogP contribution in [0.5, 0.6) is 0 Å². The van der Waals surface area contributed by atoms with E-state index in [1.54, 1.807) is 11.3 Å². The fourth-order valence-electron chi connectivity index (χ4n) is 4.20. The van der Waals surface area contributed by atoms with Crippen molar-refractivity contribution in [1.29, 1.82) is 0 Å². The summed E-state index contributed by atoms with van der Waals surface area (Å²) in [5.74, 6) is 0.677. The van der Waals surface area contributed by atoms with Crippen LogP contribution in [0.25, 0.3) is 15.9 Å². The maximum absolute atomic E-state index is 13.5. The molecule has 6 heteroatoms. The van der Waals surface area contributed by atoms with Crippen molar-refractivity contribution < 1.29 is 0 Å². The van der Waals surface area contributed by atoms with E-state index >= 15 is 0 Å². The van der Waals surface area contributed by atoms with Gasteiger partial charge in [0, 0.05) is 17.8 Å². The predicted molar refractivity (Wildman–Crippen MR) is 126 cm³/mol. The molecular weight excluding hydrogens is 404 g/mol. The van der Waals surface area contributed by atoms with Crippen LogP contribution in [-0.4, -0.2) is 19.2 Å². The first-order valence-corrected chi connectivity index (χ1v) is 11.5. The molecular formula is C25H24N4OS. The van der Waals surface area contributed by atoms with Crippen LogP contribution >= 0.6 is 11.3 Å². The Labute approximate surface area is 184 Å². The van der Waals surface area contributed by atoms with Gasteiger partial charge in [-0.3, -0.25) is 4.57 Å². The van der Waals surface area contributed by atoms with Crippen LogP contribution < -0.4 is 5.69 Å². The van der Waals surface area contributed by atoms with Crippen LogP contribution in [0.1, 0.15) is 34.3 Å². The van der Waals surface area contributed by atoms with Gasteiger partial charge in [0.2, 0.25) is 0 Å². The third-order valence-corrected chi connectivity index (χ3v) is 6.92. The SMILES string of the molecule is CCc1c(C)sc2c1c1nc(Cc3ccccc3)nn1c(=O)n2CCc1ccccc1. The van der Waals surface area contributed by atoms with Gasteiger partial charge in [-0.2, -0.15) is 4.52 Å². The predicted octanol–water partition coefficient (Wildman–Crippen LogP) is 4.81. The third kappa shape index (κ3) is 3.57. The molecule has 0 atom stereocenters. The summed E-state index contributed by atoms with van der Waals surface area (Å²) in [6, 6.07) is 20.4. The lowest BCUT2D eigenvalue weighted by atomic mass is 10.1. The number of hydrogen-bond acceptors (Lipinski definition) is 4. The lowest BCUT2D eigenvalue weighted by Crippen LogP contribution is -2.28. The summed E-state index contributed by atoms with van der Waals surface area (Å²) in [7, 11) is 0. The lowest BCUT2D eigenvalue weighted by Gasteiger charge is -2.09. The van der Waals surface area contributed by atoms with E-state index in [0.717, 1.165) is 28.6 Å². The number of rotatable bonds is 6. The highest BCUT2D eigenvalue weighted by Crippen LogP contribution is 2.33. The maximum atomic E-state index is 13.5. The molecule has 156 valence electrons. The summed E-state index contributed by atoms with van der Waals surface area (Å²) < 4.78 is 3.39. The fourth-order valence-corrected chi connectivity index (χ4v) is 5.45. The second-order valence-corrected chi connectivity index (χ2v) is 8.97. The highest BCUT2D eigenvalue weighted by Gasteiger charge is 2.20. The molecule has 0 saturated carbocycles. The molecule has 3 aromatic heterocycles. The Hall–Kier alpha value is -3.25. The highest BCUT2D eigenvalue weighted by atomic mass is 32.1. The van der Waals surface area contributed by atoms with Crippen LogP contribution in [0, 0.1) is 6.92 Å². The van der Waals surface area contributed by atoms with Gasteiger partial charge in [-0.25, -0.2) is 9.78 Å². The number of aromatic nitrogens is 4. The Kier molecular flexibility index (Phi) is 5.16. The summed E-state index contributed by atoms with van der Waals surface area (Å²) in [5.41, 5.74) is 4.18.